The molecule has 16 heavy (non-hydrogen) atoms. The Morgan fingerprint density at radius 1 is 1.44 bits per heavy atom. The minimum Gasteiger partial charge on any atom is -0.389 e. The molecule has 3 nitrogen and oxygen atoms in total. The van der Waals surface area contributed by atoms with E-state index in [0.717, 1.165) is 5.56 Å². The third-order valence-corrected chi connectivity index (χ3v) is 2.41. The Morgan fingerprint density at radius 2 is 2.19 bits per heavy atom. The molecule has 0 spiro atoms. The minimum absolute atomic E-state index is 0.387. The number of benzene rings is 1. The molecule has 2 rings (SSSR count). The van der Waals surface area contributed by atoms with Crippen molar-refractivity contribution in [2.75, 3.05) is 0 Å². The van der Waals surface area contributed by atoms with Crippen LogP contribution < -0.4 is 0 Å². The van der Waals surface area contributed by atoms with Crippen LogP contribution in [0.5, 0.6) is 0 Å². The molecule has 2 aromatic rings. The first-order valence-electron chi connectivity index (χ1n) is 5.07. The number of aryl methyl sites for hydroxylation is 1. The van der Waals surface area contributed by atoms with E-state index in [1.54, 1.807) is 31.5 Å². The summed E-state index contributed by atoms with van der Waals surface area (Å²) in [6.45, 7) is 3.50. The number of halogens is 1. The van der Waals surface area contributed by atoms with Crippen molar-refractivity contribution in [2.45, 2.75) is 20.0 Å². The van der Waals surface area contributed by atoms with Gasteiger partial charge in [0.15, 0.2) is 0 Å². The van der Waals surface area contributed by atoms with Gasteiger partial charge in [-0.1, -0.05) is 6.07 Å². The first-order valence-corrected chi connectivity index (χ1v) is 5.07. The average Bonchev–Trinajstić information content (AvgIpc) is 2.64. The number of aliphatic hydroxyl groups excluding tert-OH is 1. The molecular weight excluding hydrogens is 207 g/mol. The number of nitrogens with zero attached hydrogens (tertiary/aromatic N) is 2. The average molecular weight is 220 g/mol. The van der Waals surface area contributed by atoms with Crippen molar-refractivity contribution in [3.05, 3.63) is 47.5 Å². The summed E-state index contributed by atoms with van der Waals surface area (Å²) in [7, 11) is 0. The highest BCUT2D eigenvalue weighted by molar-refractivity contribution is 5.36. The fourth-order valence-corrected chi connectivity index (χ4v) is 1.51. The van der Waals surface area contributed by atoms with Crippen LogP contribution in [0.3, 0.4) is 0 Å². The quantitative estimate of drug-likeness (QED) is 0.843. The highest BCUT2D eigenvalue weighted by Crippen LogP contribution is 2.19. The molecule has 0 aliphatic carbocycles. The topological polar surface area (TPSA) is 38.0 Å². The second-order valence-corrected chi connectivity index (χ2v) is 3.85. The number of aromatic nitrogens is 2. The summed E-state index contributed by atoms with van der Waals surface area (Å²) in [5, 5.41) is 13.4. The number of aliphatic hydroxyl groups is 1. The fourth-order valence-electron chi connectivity index (χ4n) is 1.51. The molecular formula is C12H13FN2O. The Balaban J connectivity index is 2.44. The van der Waals surface area contributed by atoms with E-state index in [1.807, 2.05) is 6.92 Å². The van der Waals surface area contributed by atoms with Gasteiger partial charge in [0.25, 0.3) is 0 Å². The van der Waals surface area contributed by atoms with Gasteiger partial charge in [-0.2, -0.15) is 5.10 Å². The standard InChI is InChI=1S/C12H13FN2O/c1-8-6-14-15(7-8)12-4-3-10(9(2)16)5-11(12)13/h3-7,9,16H,1-2H3. The van der Waals surface area contributed by atoms with Crippen LogP contribution in [-0.2, 0) is 0 Å². The molecule has 0 aliphatic rings. The lowest BCUT2D eigenvalue weighted by atomic mass is 10.1. The maximum absolute atomic E-state index is 13.7. The third kappa shape index (κ3) is 1.97. The maximum Gasteiger partial charge on any atom is 0.149 e. The van der Waals surface area contributed by atoms with Crippen LogP contribution in [0.15, 0.2) is 30.6 Å². The molecule has 0 aliphatic heterocycles. The summed E-state index contributed by atoms with van der Waals surface area (Å²) >= 11 is 0. The summed E-state index contributed by atoms with van der Waals surface area (Å²) < 4.78 is 15.2. The lowest BCUT2D eigenvalue weighted by Crippen LogP contribution is -2.00. The van der Waals surface area contributed by atoms with E-state index < -0.39 is 6.10 Å². The van der Waals surface area contributed by atoms with Crippen LogP contribution in [0.25, 0.3) is 5.69 Å². The Labute approximate surface area is 93.2 Å². The Morgan fingerprint density at radius 3 is 2.69 bits per heavy atom. The zero-order valence-electron chi connectivity index (χ0n) is 9.18. The van der Waals surface area contributed by atoms with Crippen molar-refractivity contribution in [1.29, 1.82) is 0 Å². The normalized spacial score (nSPS) is 12.8. The van der Waals surface area contributed by atoms with Crippen LogP contribution in [-0.4, -0.2) is 14.9 Å². The first kappa shape index (κ1) is 10.8. The molecule has 84 valence electrons. The molecule has 1 unspecified atom stereocenters. The van der Waals surface area contributed by atoms with E-state index >= 15 is 0 Å². The smallest absolute Gasteiger partial charge is 0.149 e. The Kier molecular flexibility index (Phi) is 2.75. The van der Waals surface area contributed by atoms with Gasteiger partial charge in [0.05, 0.1) is 12.3 Å². The summed E-state index contributed by atoms with van der Waals surface area (Å²) in [4.78, 5) is 0. The van der Waals surface area contributed by atoms with Crippen molar-refractivity contribution in [1.82, 2.24) is 9.78 Å². The van der Waals surface area contributed by atoms with Gasteiger partial charge < -0.3 is 5.11 Å². The van der Waals surface area contributed by atoms with E-state index in [4.69, 9.17) is 0 Å². The summed E-state index contributed by atoms with van der Waals surface area (Å²) in [5.74, 6) is -0.387. The lowest BCUT2D eigenvalue weighted by molar-refractivity contribution is 0.199. The van der Waals surface area contributed by atoms with Gasteiger partial charge in [-0.05, 0) is 37.1 Å². The van der Waals surface area contributed by atoms with Crippen LogP contribution in [0.4, 0.5) is 4.39 Å². The zero-order chi connectivity index (χ0) is 11.7. The van der Waals surface area contributed by atoms with Gasteiger partial charge in [0.2, 0.25) is 0 Å². The molecule has 0 saturated heterocycles. The first-order chi connectivity index (χ1) is 7.58. The van der Waals surface area contributed by atoms with Gasteiger partial charge in [-0.25, -0.2) is 9.07 Å². The second-order valence-electron chi connectivity index (χ2n) is 3.85. The van der Waals surface area contributed by atoms with Crippen molar-refractivity contribution in [3.8, 4) is 5.69 Å². The van der Waals surface area contributed by atoms with Gasteiger partial charge in [-0.3, -0.25) is 0 Å². The summed E-state index contributed by atoms with van der Waals surface area (Å²) in [6.07, 6.45) is 2.76. The third-order valence-electron chi connectivity index (χ3n) is 2.41. The van der Waals surface area contributed by atoms with Gasteiger partial charge in [0.1, 0.15) is 11.5 Å². The van der Waals surface area contributed by atoms with Crippen LogP contribution in [0.2, 0.25) is 0 Å². The van der Waals surface area contributed by atoms with E-state index in [-0.39, 0.29) is 5.82 Å². The minimum atomic E-state index is -0.664. The molecule has 1 aromatic carbocycles. The molecule has 0 bridgehead atoms. The lowest BCUT2D eigenvalue weighted by Gasteiger charge is -2.08. The van der Waals surface area contributed by atoms with E-state index in [0.29, 0.717) is 11.3 Å². The molecule has 1 atom stereocenters. The fraction of sp³-hybridized carbons (Fsp3) is 0.250. The molecule has 1 heterocycles. The van der Waals surface area contributed by atoms with Crippen LogP contribution in [0, 0.1) is 12.7 Å². The number of rotatable bonds is 2. The molecule has 1 N–H and O–H groups in total. The highest BCUT2D eigenvalue weighted by Gasteiger charge is 2.08. The van der Waals surface area contributed by atoms with Crippen molar-refractivity contribution < 1.29 is 9.50 Å². The zero-order valence-corrected chi connectivity index (χ0v) is 9.18. The number of hydrogen-bond donors (Lipinski definition) is 1. The van der Waals surface area contributed by atoms with Gasteiger partial charge in [0, 0.05) is 6.20 Å². The SMILES string of the molecule is Cc1cnn(-c2ccc(C(C)O)cc2F)c1. The Hall–Kier alpha value is -1.68. The summed E-state index contributed by atoms with van der Waals surface area (Å²) in [6, 6.07) is 4.64. The number of hydrogen-bond acceptors (Lipinski definition) is 2. The predicted molar refractivity (Wildman–Crippen MR) is 58.9 cm³/mol. The van der Waals surface area contributed by atoms with E-state index in [9.17, 15) is 9.50 Å². The molecule has 4 heteroatoms. The van der Waals surface area contributed by atoms with Crippen LogP contribution in [0.1, 0.15) is 24.2 Å². The summed E-state index contributed by atoms with van der Waals surface area (Å²) in [5.41, 5.74) is 1.92. The predicted octanol–water partition coefficient (Wildman–Crippen LogP) is 2.37. The van der Waals surface area contributed by atoms with Crippen molar-refractivity contribution in [3.63, 3.8) is 0 Å². The highest BCUT2D eigenvalue weighted by atomic mass is 19.1. The molecule has 1 aromatic heterocycles. The van der Waals surface area contributed by atoms with Crippen LogP contribution >= 0.6 is 0 Å². The van der Waals surface area contributed by atoms with E-state index in [1.165, 1.54) is 10.7 Å². The monoisotopic (exact) mass is 220 g/mol. The molecule has 0 amide bonds. The maximum atomic E-state index is 13.7. The molecule has 0 saturated carbocycles. The van der Waals surface area contributed by atoms with Gasteiger partial charge in [-0.15, -0.1) is 0 Å². The Bertz CT molecular complexity index is 505. The van der Waals surface area contributed by atoms with Gasteiger partial charge >= 0.3 is 0 Å². The van der Waals surface area contributed by atoms with Crippen molar-refractivity contribution >= 4 is 0 Å². The molecule has 0 fully saturated rings. The van der Waals surface area contributed by atoms with E-state index in [2.05, 4.69) is 5.10 Å². The van der Waals surface area contributed by atoms with Crippen molar-refractivity contribution in [2.24, 2.45) is 0 Å². The second kappa shape index (κ2) is 4.06. The largest absolute Gasteiger partial charge is 0.389 e. The molecule has 0 radical (unpaired) electrons.